The van der Waals surface area contributed by atoms with Gasteiger partial charge in [0, 0.05) is 10.8 Å². The van der Waals surface area contributed by atoms with Crippen LogP contribution in [0.15, 0.2) is 150 Å². The van der Waals surface area contributed by atoms with E-state index in [9.17, 15) is 0 Å². The largest absolute Gasteiger partial charge is 0.456 e. The highest BCUT2D eigenvalue weighted by atomic mass is 16.3. The molecule has 0 bridgehead atoms. The predicted molar refractivity (Wildman–Crippen MR) is 183 cm³/mol. The van der Waals surface area contributed by atoms with Crippen molar-refractivity contribution in [3.05, 3.63) is 146 Å². The van der Waals surface area contributed by atoms with E-state index in [-0.39, 0.29) is 0 Å². The number of furan rings is 1. The van der Waals surface area contributed by atoms with Crippen LogP contribution in [0.2, 0.25) is 0 Å². The van der Waals surface area contributed by atoms with E-state index in [0.29, 0.717) is 0 Å². The number of hydrogen-bond acceptors (Lipinski definition) is 1. The zero-order valence-corrected chi connectivity index (χ0v) is 23.3. The molecule has 10 rings (SSSR count). The molecule has 0 amide bonds. The van der Waals surface area contributed by atoms with Crippen molar-refractivity contribution in [1.82, 2.24) is 0 Å². The summed E-state index contributed by atoms with van der Waals surface area (Å²) in [4.78, 5) is 0. The molecule has 1 heteroatoms. The van der Waals surface area contributed by atoms with Crippen molar-refractivity contribution < 1.29 is 4.42 Å². The third kappa shape index (κ3) is 3.22. The Balaban J connectivity index is 1.38. The van der Waals surface area contributed by atoms with Crippen molar-refractivity contribution >= 4 is 75.8 Å². The molecule has 9 aromatic carbocycles. The molecule has 0 radical (unpaired) electrons. The predicted octanol–water partition coefficient (Wildman–Crippen LogP) is 12.1. The number of fused-ring (bicyclic) bond motifs is 5. The van der Waals surface area contributed by atoms with Gasteiger partial charge in [0.1, 0.15) is 11.2 Å². The maximum atomic E-state index is 6.72. The number of hydrogen-bond donors (Lipinski definition) is 0. The smallest absolute Gasteiger partial charge is 0.136 e. The van der Waals surface area contributed by atoms with Crippen molar-refractivity contribution in [3.8, 4) is 22.3 Å². The van der Waals surface area contributed by atoms with Gasteiger partial charge in [-0.3, -0.25) is 0 Å². The summed E-state index contributed by atoms with van der Waals surface area (Å²) in [5.74, 6) is 0. The van der Waals surface area contributed by atoms with E-state index in [4.69, 9.17) is 4.42 Å². The van der Waals surface area contributed by atoms with E-state index in [1.807, 2.05) is 0 Å². The number of benzene rings is 9. The Kier molecular flexibility index (Phi) is 4.51. The lowest BCUT2D eigenvalue weighted by Crippen LogP contribution is -1.89. The second-order valence-corrected chi connectivity index (χ2v) is 11.7. The van der Waals surface area contributed by atoms with E-state index in [1.54, 1.807) is 0 Å². The summed E-state index contributed by atoms with van der Waals surface area (Å²) in [6.07, 6.45) is 0. The quantitative estimate of drug-likeness (QED) is 0.197. The van der Waals surface area contributed by atoms with Gasteiger partial charge in [-0.05, 0) is 100 Å². The lowest BCUT2D eigenvalue weighted by atomic mass is 9.87. The van der Waals surface area contributed by atoms with Crippen LogP contribution in [0.5, 0.6) is 0 Å². The molecule has 0 spiro atoms. The molecule has 0 unspecified atom stereocenters. The second-order valence-electron chi connectivity index (χ2n) is 11.7. The molecule has 0 aliphatic heterocycles. The monoisotopic (exact) mass is 544 g/mol. The standard InChI is InChI=1S/C42H24O/c1-2-9-30-23-38-37(21-29(30)8-1)42-36(22-31(24-39(42)43-38)33-14-6-10-25-7-3-4-13-32(25)33)34-19-17-28-16-15-26-11-5-12-27-18-20-35(34)41(28)40(26)27/h1-24H. The summed E-state index contributed by atoms with van der Waals surface area (Å²) >= 11 is 0. The summed E-state index contributed by atoms with van der Waals surface area (Å²) in [5.41, 5.74) is 6.64. The highest BCUT2D eigenvalue weighted by Crippen LogP contribution is 2.46. The second kappa shape index (κ2) is 8.44. The highest BCUT2D eigenvalue weighted by Gasteiger charge is 2.20. The molecule has 1 heterocycles. The van der Waals surface area contributed by atoms with Gasteiger partial charge in [0.25, 0.3) is 0 Å². The summed E-state index contributed by atoms with van der Waals surface area (Å²) in [7, 11) is 0. The molecule has 198 valence electrons. The van der Waals surface area contributed by atoms with Crippen LogP contribution in [0.25, 0.3) is 98.1 Å². The molecule has 10 aromatic rings. The van der Waals surface area contributed by atoms with Crippen LogP contribution in [-0.2, 0) is 0 Å². The maximum absolute atomic E-state index is 6.72. The van der Waals surface area contributed by atoms with Crippen LogP contribution in [0.4, 0.5) is 0 Å². The Labute approximate surface area is 247 Å². The van der Waals surface area contributed by atoms with Gasteiger partial charge in [0.15, 0.2) is 0 Å². The van der Waals surface area contributed by atoms with Crippen LogP contribution >= 0.6 is 0 Å². The Bertz CT molecular complexity index is 2700. The van der Waals surface area contributed by atoms with Gasteiger partial charge in [-0.25, -0.2) is 0 Å². The third-order valence-corrected chi connectivity index (χ3v) is 9.36. The normalized spacial score (nSPS) is 12.2. The van der Waals surface area contributed by atoms with Crippen LogP contribution in [0.3, 0.4) is 0 Å². The average molecular weight is 545 g/mol. The molecular formula is C42H24O. The fourth-order valence-corrected chi connectivity index (χ4v) is 7.41. The third-order valence-electron chi connectivity index (χ3n) is 9.36. The fraction of sp³-hybridized carbons (Fsp3) is 0. The van der Waals surface area contributed by atoms with Crippen molar-refractivity contribution in [2.45, 2.75) is 0 Å². The van der Waals surface area contributed by atoms with Crippen LogP contribution in [0, 0.1) is 0 Å². The molecule has 0 atom stereocenters. The van der Waals surface area contributed by atoms with E-state index >= 15 is 0 Å². The lowest BCUT2D eigenvalue weighted by molar-refractivity contribution is 0.669. The Morgan fingerprint density at radius 2 is 0.953 bits per heavy atom. The molecule has 0 saturated carbocycles. The van der Waals surface area contributed by atoms with Crippen LogP contribution in [-0.4, -0.2) is 0 Å². The lowest BCUT2D eigenvalue weighted by Gasteiger charge is -2.16. The molecule has 0 fully saturated rings. The van der Waals surface area contributed by atoms with Crippen molar-refractivity contribution in [2.24, 2.45) is 0 Å². The minimum atomic E-state index is 0.913. The molecule has 1 nitrogen and oxygen atoms in total. The minimum absolute atomic E-state index is 0.913. The molecule has 0 aliphatic carbocycles. The van der Waals surface area contributed by atoms with Gasteiger partial charge in [-0.15, -0.1) is 0 Å². The Hall–Kier alpha value is -5.66. The Morgan fingerprint density at radius 3 is 1.81 bits per heavy atom. The first-order valence-electron chi connectivity index (χ1n) is 14.8. The maximum Gasteiger partial charge on any atom is 0.136 e. The van der Waals surface area contributed by atoms with E-state index in [0.717, 1.165) is 22.1 Å². The van der Waals surface area contributed by atoms with Crippen molar-refractivity contribution in [3.63, 3.8) is 0 Å². The van der Waals surface area contributed by atoms with Crippen LogP contribution in [0.1, 0.15) is 0 Å². The minimum Gasteiger partial charge on any atom is -0.456 e. The summed E-state index contributed by atoms with van der Waals surface area (Å²) in [6, 6.07) is 53.2. The average Bonchev–Trinajstić information content (AvgIpc) is 3.42. The SMILES string of the molecule is c1ccc2cc3c(cc2c1)oc1cc(-c2cccc4ccccc24)cc(-c2ccc4ccc5cccc6ccc2c4c56)c13. The van der Waals surface area contributed by atoms with Gasteiger partial charge in [0.2, 0.25) is 0 Å². The van der Waals surface area contributed by atoms with Gasteiger partial charge in [0.05, 0.1) is 0 Å². The van der Waals surface area contributed by atoms with Gasteiger partial charge >= 0.3 is 0 Å². The number of rotatable bonds is 2. The van der Waals surface area contributed by atoms with E-state index in [2.05, 4.69) is 146 Å². The molecule has 0 aliphatic rings. The summed E-state index contributed by atoms with van der Waals surface area (Å²) in [5, 5.41) is 15.0. The topological polar surface area (TPSA) is 13.1 Å². The fourth-order valence-electron chi connectivity index (χ4n) is 7.41. The molecule has 1 aromatic heterocycles. The van der Waals surface area contributed by atoms with Crippen molar-refractivity contribution in [1.29, 1.82) is 0 Å². The van der Waals surface area contributed by atoms with E-state index < -0.39 is 0 Å². The zero-order chi connectivity index (χ0) is 28.1. The van der Waals surface area contributed by atoms with Crippen molar-refractivity contribution in [2.75, 3.05) is 0 Å². The highest BCUT2D eigenvalue weighted by molar-refractivity contribution is 6.27. The zero-order valence-electron chi connectivity index (χ0n) is 23.3. The first-order valence-corrected chi connectivity index (χ1v) is 14.8. The first-order chi connectivity index (χ1) is 21.3. The van der Waals surface area contributed by atoms with Gasteiger partial charge in [-0.1, -0.05) is 121 Å². The molecular weight excluding hydrogens is 520 g/mol. The summed E-state index contributed by atoms with van der Waals surface area (Å²) in [6.45, 7) is 0. The van der Waals surface area contributed by atoms with Gasteiger partial charge in [-0.2, -0.15) is 0 Å². The Morgan fingerprint density at radius 1 is 0.302 bits per heavy atom. The van der Waals surface area contributed by atoms with Gasteiger partial charge < -0.3 is 4.42 Å². The first kappa shape index (κ1) is 23.0. The molecule has 0 saturated heterocycles. The summed E-state index contributed by atoms with van der Waals surface area (Å²) < 4.78 is 6.72. The molecule has 43 heavy (non-hydrogen) atoms. The molecule has 0 N–H and O–H groups in total. The van der Waals surface area contributed by atoms with E-state index in [1.165, 1.54) is 75.9 Å². The van der Waals surface area contributed by atoms with Crippen LogP contribution < -0.4 is 0 Å².